The summed E-state index contributed by atoms with van der Waals surface area (Å²) in [5.41, 5.74) is 1.19. The summed E-state index contributed by atoms with van der Waals surface area (Å²) in [6.45, 7) is 1.74. The van der Waals surface area contributed by atoms with Gasteiger partial charge in [-0.1, -0.05) is 12.1 Å². The first-order chi connectivity index (χ1) is 14.3. The molecule has 158 valence electrons. The van der Waals surface area contributed by atoms with E-state index in [-0.39, 0.29) is 30.2 Å². The number of para-hydroxylation sites is 1. The Morgan fingerprint density at radius 1 is 1.00 bits per heavy atom. The van der Waals surface area contributed by atoms with Gasteiger partial charge in [0.2, 0.25) is 11.8 Å². The molecular weight excluding hydrogens is 408 g/mol. The van der Waals surface area contributed by atoms with Crippen molar-refractivity contribution in [2.75, 3.05) is 17.7 Å². The number of carboxylic acid groups (broad SMARTS) is 1. The van der Waals surface area contributed by atoms with E-state index >= 15 is 0 Å². The molecule has 2 rings (SSSR count). The van der Waals surface area contributed by atoms with Gasteiger partial charge in [0.05, 0.1) is 30.0 Å². The Morgan fingerprint density at radius 3 is 2.30 bits per heavy atom. The van der Waals surface area contributed by atoms with E-state index in [9.17, 15) is 19.2 Å². The molecule has 0 saturated carbocycles. The molecule has 0 aliphatic heterocycles. The van der Waals surface area contributed by atoms with E-state index in [0.717, 1.165) is 4.90 Å². The lowest BCUT2D eigenvalue weighted by molar-refractivity contribution is -0.138. The van der Waals surface area contributed by atoms with Crippen molar-refractivity contribution in [3.05, 3.63) is 54.1 Å². The molecular formula is C21H22N2O6S. The zero-order chi connectivity index (χ0) is 22.1. The summed E-state index contributed by atoms with van der Waals surface area (Å²) in [6, 6.07) is 13.5. The van der Waals surface area contributed by atoms with E-state index in [1.54, 1.807) is 55.5 Å². The van der Waals surface area contributed by atoms with E-state index < -0.39 is 17.2 Å². The Hall–Kier alpha value is -3.33. The van der Waals surface area contributed by atoms with Crippen LogP contribution < -0.4 is 10.6 Å². The molecule has 1 unspecified atom stereocenters. The van der Waals surface area contributed by atoms with Crippen molar-refractivity contribution in [1.29, 1.82) is 0 Å². The van der Waals surface area contributed by atoms with E-state index in [1.165, 1.54) is 18.9 Å². The van der Waals surface area contributed by atoms with E-state index in [4.69, 9.17) is 9.84 Å². The maximum atomic E-state index is 12.5. The van der Waals surface area contributed by atoms with Crippen molar-refractivity contribution in [3.8, 4) is 0 Å². The molecule has 0 spiro atoms. The average molecular weight is 430 g/mol. The van der Waals surface area contributed by atoms with Gasteiger partial charge in [-0.2, -0.15) is 0 Å². The second-order valence-electron chi connectivity index (χ2n) is 6.25. The molecule has 2 aromatic carbocycles. The fourth-order valence-corrected chi connectivity index (χ4v) is 3.30. The number of benzene rings is 2. The molecule has 9 heteroatoms. The van der Waals surface area contributed by atoms with Crippen LogP contribution in [-0.2, 0) is 19.1 Å². The molecule has 0 aliphatic carbocycles. The predicted octanol–water partition coefficient (Wildman–Crippen LogP) is 3.40. The molecule has 2 amide bonds. The molecule has 0 heterocycles. The minimum absolute atomic E-state index is 0.101. The average Bonchev–Trinajstić information content (AvgIpc) is 2.73. The van der Waals surface area contributed by atoms with Gasteiger partial charge in [-0.15, -0.1) is 11.8 Å². The number of carbonyl (C=O) groups is 4. The van der Waals surface area contributed by atoms with Crippen LogP contribution in [0.5, 0.6) is 0 Å². The van der Waals surface area contributed by atoms with Crippen LogP contribution in [0.2, 0.25) is 0 Å². The molecule has 30 heavy (non-hydrogen) atoms. The van der Waals surface area contributed by atoms with Gasteiger partial charge in [-0.3, -0.25) is 14.4 Å². The van der Waals surface area contributed by atoms with Crippen molar-refractivity contribution in [2.24, 2.45) is 0 Å². The number of esters is 1. The van der Waals surface area contributed by atoms with Gasteiger partial charge < -0.3 is 20.5 Å². The minimum Gasteiger partial charge on any atom is -0.481 e. The van der Waals surface area contributed by atoms with Crippen LogP contribution in [0, 0.1) is 0 Å². The van der Waals surface area contributed by atoms with E-state index in [1.807, 2.05) is 0 Å². The van der Waals surface area contributed by atoms with Crippen molar-refractivity contribution >= 4 is 46.9 Å². The maximum Gasteiger partial charge on any atom is 0.339 e. The molecule has 0 aliphatic rings. The molecule has 0 bridgehead atoms. The third-order valence-corrected chi connectivity index (χ3v) is 5.09. The molecule has 3 N–H and O–H groups in total. The number of methoxy groups -OCH3 is 1. The first kappa shape index (κ1) is 23.0. The quantitative estimate of drug-likeness (QED) is 0.412. The Morgan fingerprint density at radius 2 is 1.67 bits per heavy atom. The third kappa shape index (κ3) is 6.93. The fraction of sp³-hybridized carbons (Fsp3) is 0.238. The number of thioether (sulfide) groups is 1. The number of amides is 2. The summed E-state index contributed by atoms with van der Waals surface area (Å²) >= 11 is 1.31. The van der Waals surface area contributed by atoms with Crippen molar-refractivity contribution in [1.82, 2.24) is 0 Å². The van der Waals surface area contributed by atoms with Crippen LogP contribution in [0.1, 0.15) is 30.1 Å². The zero-order valence-electron chi connectivity index (χ0n) is 16.5. The fourth-order valence-electron chi connectivity index (χ4n) is 2.43. The molecule has 2 aromatic rings. The number of nitrogens with one attached hydrogen (secondary N) is 2. The smallest absolute Gasteiger partial charge is 0.339 e. The van der Waals surface area contributed by atoms with Gasteiger partial charge in [-0.25, -0.2) is 4.79 Å². The summed E-state index contributed by atoms with van der Waals surface area (Å²) in [7, 11) is 1.28. The minimum atomic E-state index is -1.03. The monoisotopic (exact) mass is 430 g/mol. The van der Waals surface area contributed by atoms with Crippen LogP contribution in [0.25, 0.3) is 0 Å². The second kappa shape index (κ2) is 11.0. The van der Waals surface area contributed by atoms with E-state index in [0.29, 0.717) is 11.4 Å². The Balaban J connectivity index is 1.94. The van der Waals surface area contributed by atoms with Crippen molar-refractivity contribution in [3.63, 3.8) is 0 Å². The third-order valence-electron chi connectivity index (χ3n) is 3.98. The molecule has 0 fully saturated rings. The molecule has 0 radical (unpaired) electrons. The Labute approximate surface area is 178 Å². The topological polar surface area (TPSA) is 122 Å². The zero-order valence-corrected chi connectivity index (χ0v) is 17.3. The summed E-state index contributed by atoms with van der Waals surface area (Å²) in [5.74, 6) is -2.22. The molecule has 0 aromatic heterocycles. The summed E-state index contributed by atoms with van der Waals surface area (Å²) in [4.78, 5) is 47.3. The van der Waals surface area contributed by atoms with E-state index in [2.05, 4.69) is 10.6 Å². The Kier molecular flexibility index (Phi) is 8.42. The van der Waals surface area contributed by atoms with Gasteiger partial charge in [-0.05, 0) is 43.3 Å². The standard InChI is InChI=1S/C21H22N2O6S/c1-13(20(27)23-17-6-4-3-5-16(17)21(28)29-2)30-15-9-7-14(8-10-15)22-18(24)11-12-19(25)26/h3-10,13H,11-12H2,1-2H3,(H,22,24)(H,23,27)(H,25,26). The number of rotatable bonds is 9. The number of anilines is 2. The lowest BCUT2D eigenvalue weighted by Gasteiger charge is -2.14. The molecule has 1 atom stereocenters. The normalized spacial score (nSPS) is 11.3. The van der Waals surface area contributed by atoms with Crippen LogP contribution in [0.4, 0.5) is 11.4 Å². The summed E-state index contributed by atoms with van der Waals surface area (Å²) in [6.07, 6.45) is -0.332. The van der Waals surface area contributed by atoms with Crippen LogP contribution in [0.3, 0.4) is 0 Å². The van der Waals surface area contributed by atoms with Crippen LogP contribution in [-0.4, -0.2) is 41.2 Å². The first-order valence-electron chi connectivity index (χ1n) is 9.06. The Bertz CT molecular complexity index is 929. The number of carbonyl (C=O) groups excluding carboxylic acids is 3. The maximum absolute atomic E-state index is 12.5. The SMILES string of the molecule is COC(=O)c1ccccc1NC(=O)C(C)Sc1ccc(NC(=O)CCC(=O)O)cc1. The van der Waals surface area contributed by atoms with Gasteiger partial charge in [0.15, 0.2) is 0 Å². The lowest BCUT2D eigenvalue weighted by atomic mass is 10.2. The highest BCUT2D eigenvalue weighted by molar-refractivity contribution is 8.00. The molecule has 0 saturated heterocycles. The highest BCUT2D eigenvalue weighted by Crippen LogP contribution is 2.26. The predicted molar refractivity (Wildman–Crippen MR) is 114 cm³/mol. The van der Waals surface area contributed by atoms with Gasteiger partial charge >= 0.3 is 11.9 Å². The highest BCUT2D eigenvalue weighted by atomic mass is 32.2. The van der Waals surface area contributed by atoms with Gasteiger partial charge in [0.25, 0.3) is 0 Å². The van der Waals surface area contributed by atoms with Crippen molar-refractivity contribution in [2.45, 2.75) is 29.9 Å². The first-order valence-corrected chi connectivity index (χ1v) is 9.94. The number of hydrogen-bond acceptors (Lipinski definition) is 6. The largest absolute Gasteiger partial charge is 0.481 e. The lowest BCUT2D eigenvalue weighted by Crippen LogP contribution is -2.23. The second-order valence-corrected chi connectivity index (χ2v) is 7.67. The van der Waals surface area contributed by atoms with Crippen LogP contribution in [0.15, 0.2) is 53.4 Å². The van der Waals surface area contributed by atoms with Crippen LogP contribution >= 0.6 is 11.8 Å². The summed E-state index contributed by atoms with van der Waals surface area (Å²) in [5, 5.41) is 13.5. The van der Waals surface area contributed by atoms with Gasteiger partial charge in [0.1, 0.15) is 0 Å². The van der Waals surface area contributed by atoms with Crippen molar-refractivity contribution < 1.29 is 29.0 Å². The summed E-state index contributed by atoms with van der Waals surface area (Å²) < 4.78 is 4.73. The number of ether oxygens (including phenoxy) is 1. The number of hydrogen-bond donors (Lipinski definition) is 3. The number of aliphatic carboxylic acids is 1. The molecule has 8 nitrogen and oxygen atoms in total. The van der Waals surface area contributed by atoms with Gasteiger partial charge in [0, 0.05) is 17.0 Å². The highest BCUT2D eigenvalue weighted by Gasteiger charge is 2.18. The number of carboxylic acids is 1.